The van der Waals surface area contributed by atoms with E-state index in [1.54, 1.807) is 21.9 Å². The maximum atomic E-state index is 13.8. The van der Waals surface area contributed by atoms with Gasteiger partial charge in [-0.25, -0.2) is 13.2 Å². The average Bonchev–Trinajstić information content (AvgIpc) is 2.78. The van der Waals surface area contributed by atoms with Crippen molar-refractivity contribution in [3.63, 3.8) is 0 Å². The van der Waals surface area contributed by atoms with Gasteiger partial charge >= 0.3 is 0 Å². The summed E-state index contributed by atoms with van der Waals surface area (Å²) in [6.45, 7) is 3.23. The SMILES string of the molecule is CCOC[C@@H]1CC(F)(F)CN1C1CN(C(=O)Cc2cccc(F)c2)C1. The summed E-state index contributed by atoms with van der Waals surface area (Å²) in [5, 5.41) is 0. The number of rotatable bonds is 6. The molecule has 2 heterocycles. The van der Waals surface area contributed by atoms with Gasteiger partial charge in [-0.15, -0.1) is 0 Å². The standard InChI is InChI=1S/C18H23F3N2O2/c1-2-25-11-15-8-18(20,21)12-23(15)16-9-22(10-16)17(24)7-13-4-3-5-14(19)6-13/h3-6,15-16H,2,7-12H2,1H3/t15-/m0/s1. The van der Waals surface area contributed by atoms with E-state index in [0.717, 1.165) is 0 Å². The summed E-state index contributed by atoms with van der Waals surface area (Å²) in [5.74, 6) is -3.17. The highest BCUT2D eigenvalue weighted by atomic mass is 19.3. The van der Waals surface area contributed by atoms with Crippen molar-refractivity contribution < 1.29 is 22.7 Å². The van der Waals surface area contributed by atoms with Gasteiger partial charge in [-0.3, -0.25) is 9.69 Å². The molecular formula is C18H23F3N2O2. The van der Waals surface area contributed by atoms with Gasteiger partial charge in [-0.2, -0.15) is 0 Å². The third kappa shape index (κ3) is 4.33. The molecule has 1 aromatic carbocycles. The molecule has 0 aliphatic carbocycles. The van der Waals surface area contributed by atoms with Crippen LogP contribution in [0.25, 0.3) is 0 Å². The molecule has 7 heteroatoms. The fraction of sp³-hybridized carbons (Fsp3) is 0.611. The van der Waals surface area contributed by atoms with Gasteiger partial charge in [-0.1, -0.05) is 12.1 Å². The number of halogens is 3. The number of carbonyl (C=O) groups is 1. The maximum absolute atomic E-state index is 13.8. The number of nitrogens with zero attached hydrogens (tertiary/aromatic N) is 2. The van der Waals surface area contributed by atoms with Crippen molar-refractivity contribution in [3.8, 4) is 0 Å². The second-order valence-corrected chi connectivity index (χ2v) is 6.80. The van der Waals surface area contributed by atoms with E-state index in [9.17, 15) is 18.0 Å². The fourth-order valence-electron chi connectivity index (χ4n) is 3.56. The second kappa shape index (κ2) is 7.33. The van der Waals surface area contributed by atoms with E-state index in [4.69, 9.17) is 4.74 Å². The van der Waals surface area contributed by atoms with Crippen LogP contribution >= 0.6 is 0 Å². The summed E-state index contributed by atoms with van der Waals surface area (Å²) in [7, 11) is 0. The Morgan fingerprint density at radius 2 is 2.12 bits per heavy atom. The normalized spacial score (nSPS) is 23.7. The minimum atomic E-state index is -2.70. The van der Waals surface area contributed by atoms with Gasteiger partial charge in [-0.05, 0) is 24.6 Å². The van der Waals surface area contributed by atoms with E-state index in [0.29, 0.717) is 31.9 Å². The molecule has 1 amide bonds. The Balaban J connectivity index is 1.53. The molecule has 2 aliphatic heterocycles. The van der Waals surface area contributed by atoms with Gasteiger partial charge < -0.3 is 9.64 Å². The highest BCUT2D eigenvalue weighted by Gasteiger charge is 2.50. The topological polar surface area (TPSA) is 32.8 Å². The lowest BCUT2D eigenvalue weighted by Crippen LogP contribution is -2.62. The first-order chi connectivity index (χ1) is 11.9. The van der Waals surface area contributed by atoms with Crippen LogP contribution in [0.15, 0.2) is 24.3 Å². The Hall–Kier alpha value is -1.60. The fourth-order valence-corrected chi connectivity index (χ4v) is 3.56. The number of hydrogen-bond donors (Lipinski definition) is 0. The van der Waals surface area contributed by atoms with Crippen molar-refractivity contribution >= 4 is 5.91 Å². The Kier molecular flexibility index (Phi) is 5.34. The molecule has 0 bridgehead atoms. The summed E-state index contributed by atoms with van der Waals surface area (Å²) in [4.78, 5) is 15.7. The zero-order valence-electron chi connectivity index (χ0n) is 14.3. The number of likely N-dealkylation sites (tertiary alicyclic amines) is 2. The van der Waals surface area contributed by atoms with Gasteiger partial charge in [0.05, 0.1) is 19.6 Å². The molecule has 0 spiro atoms. The number of alkyl halides is 2. The van der Waals surface area contributed by atoms with Crippen LogP contribution in [0.3, 0.4) is 0 Å². The van der Waals surface area contributed by atoms with Crippen molar-refractivity contribution in [1.29, 1.82) is 0 Å². The maximum Gasteiger partial charge on any atom is 0.262 e. The Bertz CT molecular complexity index is 620. The van der Waals surface area contributed by atoms with Crippen molar-refractivity contribution in [3.05, 3.63) is 35.6 Å². The molecule has 2 fully saturated rings. The molecule has 0 saturated carbocycles. The molecular weight excluding hydrogens is 333 g/mol. The highest BCUT2D eigenvalue weighted by Crippen LogP contribution is 2.35. The molecule has 1 atom stereocenters. The lowest BCUT2D eigenvalue weighted by molar-refractivity contribution is -0.138. The van der Waals surface area contributed by atoms with E-state index >= 15 is 0 Å². The molecule has 0 N–H and O–H groups in total. The monoisotopic (exact) mass is 356 g/mol. The first-order valence-electron chi connectivity index (χ1n) is 8.61. The second-order valence-electron chi connectivity index (χ2n) is 6.80. The first-order valence-corrected chi connectivity index (χ1v) is 8.61. The molecule has 0 unspecified atom stereocenters. The molecule has 4 nitrogen and oxygen atoms in total. The van der Waals surface area contributed by atoms with Gasteiger partial charge in [0.2, 0.25) is 5.91 Å². The summed E-state index contributed by atoms with van der Waals surface area (Å²) >= 11 is 0. The largest absolute Gasteiger partial charge is 0.380 e. The van der Waals surface area contributed by atoms with Crippen molar-refractivity contribution in [2.24, 2.45) is 0 Å². The zero-order chi connectivity index (χ0) is 18.0. The summed E-state index contributed by atoms with van der Waals surface area (Å²) in [5.41, 5.74) is 0.621. The van der Waals surface area contributed by atoms with E-state index in [1.165, 1.54) is 12.1 Å². The number of ether oxygens (including phenoxy) is 1. The lowest BCUT2D eigenvalue weighted by Gasteiger charge is -2.46. The molecule has 25 heavy (non-hydrogen) atoms. The lowest BCUT2D eigenvalue weighted by atomic mass is 10.0. The highest BCUT2D eigenvalue weighted by molar-refractivity contribution is 5.79. The quantitative estimate of drug-likeness (QED) is 0.784. The minimum absolute atomic E-state index is 0.0599. The van der Waals surface area contributed by atoms with Gasteiger partial charge in [0.15, 0.2) is 0 Å². The van der Waals surface area contributed by atoms with E-state index in [2.05, 4.69) is 0 Å². The number of carbonyl (C=O) groups excluding carboxylic acids is 1. The van der Waals surface area contributed by atoms with E-state index < -0.39 is 5.92 Å². The van der Waals surface area contributed by atoms with Crippen LogP contribution in [0, 0.1) is 5.82 Å². The summed E-state index contributed by atoms with van der Waals surface area (Å²) < 4.78 is 46.0. The summed E-state index contributed by atoms with van der Waals surface area (Å²) in [6, 6.07) is 5.59. The smallest absolute Gasteiger partial charge is 0.262 e. The van der Waals surface area contributed by atoms with Crippen LogP contribution in [0.2, 0.25) is 0 Å². The van der Waals surface area contributed by atoms with Crippen molar-refractivity contribution in [2.45, 2.75) is 37.8 Å². The van der Waals surface area contributed by atoms with Crippen LogP contribution in [0.4, 0.5) is 13.2 Å². The van der Waals surface area contributed by atoms with Crippen LogP contribution in [0.1, 0.15) is 18.9 Å². The molecule has 2 aliphatic rings. The van der Waals surface area contributed by atoms with Crippen LogP contribution in [-0.4, -0.2) is 66.6 Å². The molecule has 0 aromatic heterocycles. The Morgan fingerprint density at radius 1 is 1.36 bits per heavy atom. The third-order valence-electron chi connectivity index (χ3n) is 4.86. The number of hydrogen-bond acceptors (Lipinski definition) is 3. The number of benzene rings is 1. The Labute approximate surface area is 145 Å². The predicted octanol–water partition coefficient (Wildman–Crippen LogP) is 2.33. The zero-order valence-corrected chi connectivity index (χ0v) is 14.3. The van der Waals surface area contributed by atoms with Gasteiger partial charge in [0.25, 0.3) is 5.92 Å². The molecule has 138 valence electrons. The average molecular weight is 356 g/mol. The van der Waals surface area contributed by atoms with Crippen molar-refractivity contribution in [1.82, 2.24) is 9.80 Å². The van der Waals surface area contributed by atoms with Gasteiger partial charge in [0, 0.05) is 38.2 Å². The van der Waals surface area contributed by atoms with Crippen molar-refractivity contribution in [2.75, 3.05) is 32.8 Å². The van der Waals surface area contributed by atoms with Crippen LogP contribution in [-0.2, 0) is 16.0 Å². The molecule has 3 rings (SSSR count). The summed E-state index contributed by atoms with van der Waals surface area (Å²) in [6.07, 6.45) is -0.0657. The third-order valence-corrected chi connectivity index (χ3v) is 4.86. The molecule has 0 radical (unpaired) electrons. The van der Waals surface area contributed by atoms with Crippen LogP contribution in [0.5, 0.6) is 0 Å². The molecule has 2 saturated heterocycles. The predicted molar refractivity (Wildman–Crippen MR) is 87.0 cm³/mol. The first kappa shape index (κ1) is 18.2. The van der Waals surface area contributed by atoms with E-state index in [-0.39, 0.29) is 43.2 Å². The van der Waals surface area contributed by atoms with Crippen LogP contribution < -0.4 is 0 Å². The minimum Gasteiger partial charge on any atom is -0.380 e. The number of amides is 1. The van der Waals surface area contributed by atoms with E-state index in [1.807, 2.05) is 6.92 Å². The van der Waals surface area contributed by atoms with Gasteiger partial charge in [0.1, 0.15) is 5.82 Å². The molecule has 1 aromatic rings. The Morgan fingerprint density at radius 3 is 2.80 bits per heavy atom.